The highest BCUT2D eigenvalue weighted by atomic mass is 16.2. The van der Waals surface area contributed by atoms with Gasteiger partial charge < -0.3 is 15.1 Å². The molecule has 2 heterocycles. The second kappa shape index (κ2) is 6.40. The minimum Gasteiger partial charge on any atom is -0.329 e. The Bertz CT molecular complexity index is 644. The number of carbonyl (C=O) groups is 3. The predicted molar refractivity (Wildman–Crippen MR) is 85.8 cm³/mol. The van der Waals surface area contributed by atoms with Crippen LogP contribution in [-0.2, 0) is 20.8 Å². The van der Waals surface area contributed by atoms with E-state index in [9.17, 15) is 14.4 Å². The van der Waals surface area contributed by atoms with Crippen LogP contribution in [0.4, 0.5) is 5.69 Å². The molecule has 3 rings (SSSR count). The molecule has 23 heavy (non-hydrogen) atoms. The van der Waals surface area contributed by atoms with Crippen LogP contribution in [0.3, 0.4) is 0 Å². The summed E-state index contributed by atoms with van der Waals surface area (Å²) >= 11 is 0. The lowest BCUT2D eigenvalue weighted by Gasteiger charge is -2.35. The van der Waals surface area contributed by atoms with Gasteiger partial charge in [0.15, 0.2) is 0 Å². The van der Waals surface area contributed by atoms with Gasteiger partial charge in [0.2, 0.25) is 17.7 Å². The van der Waals surface area contributed by atoms with Gasteiger partial charge in [0.25, 0.3) is 0 Å². The summed E-state index contributed by atoms with van der Waals surface area (Å²) in [6.07, 6.45) is 2.44. The second-order valence-corrected chi connectivity index (χ2v) is 6.04. The predicted octanol–water partition coefficient (Wildman–Crippen LogP) is 1.02. The maximum Gasteiger partial charge on any atom is 0.246 e. The van der Waals surface area contributed by atoms with Crippen LogP contribution in [0.5, 0.6) is 0 Å². The van der Waals surface area contributed by atoms with Crippen molar-refractivity contribution in [1.29, 1.82) is 0 Å². The fraction of sp³-hybridized carbons (Fsp3) is 0.471. The summed E-state index contributed by atoms with van der Waals surface area (Å²) in [4.78, 5) is 39.7. The SMILES string of the molecule is CCc1cccc(NC(=O)CN2CC(=O)N3CCCC3C2=O)c1. The van der Waals surface area contributed by atoms with Crippen LogP contribution in [0, 0.1) is 0 Å². The first-order valence-electron chi connectivity index (χ1n) is 8.05. The maximum atomic E-state index is 12.4. The van der Waals surface area contributed by atoms with Gasteiger partial charge in [0, 0.05) is 12.2 Å². The number of carbonyl (C=O) groups excluding carboxylic acids is 3. The van der Waals surface area contributed by atoms with Gasteiger partial charge in [0.05, 0.1) is 0 Å². The average molecular weight is 315 g/mol. The number of aryl methyl sites for hydroxylation is 1. The van der Waals surface area contributed by atoms with E-state index in [1.54, 1.807) is 4.90 Å². The third-order valence-electron chi connectivity index (χ3n) is 4.45. The Labute approximate surface area is 135 Å². The Morgan fingerprint density at radius 1 is 1.35 bits per heavy atom. The number of hydrogen-bond donors (Lipinski definition) is 1. The minimum atomic E-state index is -0.368. The third-order valence-corrected chi connectivity index (χ3v) is 4.45. The summed E-state index contributed by atoms with van der Waals surface area (Å²) < 4.78 is 0. The first-order chi connectivity index (χ1) is 11.1. The van der Waals surface area contributed by atoms with Crippen molar-refractivity contribution in [3.63, 3.8) is 0 Å². The molecule has 0 aromatic heterocycles. The molecule has 1 aromatic carbocycles. The van der Waals surface area contributed by atoms with Crippen molar-refractivity contribution in [2.45, 2.75) is 32.2 Å². The number of hydrogen-bond acceptors (Lipinski definition) is 3. The Balaban J connectivity index is 1.63. The normalized spacial score (nSPS) is 20.7. The third kappa shape index (κ3) is 3.21. The zero-order chi connectivity index (χ0) is 16.4. The molecule has 1 N–H and O–H groups in total. The van der Waals surface area contributed by atoms with E-state index in [0.29, 0.717) is 18.7 Å². The maximum absolute atomic E-state index is 12.4. The number of rotatable bonds is 4. The van der Waals surface area contributed by atoms with E-state index < -0.39 is 0 Å². The standard InChI is InChI=1S/C17H21N3O3/c1-2-12-5-3-6-13(9-12)18-15(21)10-19-11-16(22)20-8-4-7-14(20)17(19)23/h3,5-6,9,14H,2,4,7-8,10-11H2,1H3,(H,18,21). The first kappa shape index (κ1) is 15.5. The number of piperazine rings is 1. The number of fused-ring (bicyclic) bond motifs is 1. The lowest BCUT2D eigenvalue weighted by Crippen LogP contribution is -2.58. The van der Waals surface area contributed by atoms with Crippen molar-refractivity contribution in [2.75, 3.05) is 25.0 Å². The Morgan fingerprint density at radius 2 is 2.17 bits per heavy atom. The molecule has 6 nitrogen and oxygen atoms in total. The molecule has 0 radical (unpaired) electrons. The van der Waals surface area contributed by atoms with Gasteiger partial charge in [-0.25, -0.2) is 0 Å². The van der Waals surface area contributed by atoms with Gasteiger partial charge in [-0.15, -0.1) is 0 Å². The van der Waals surface area contributed by atoms with Crippen molar-refractivity contribution in [3.05, 3.63) is 29.8 Å². The summed E-state index contributed by atoms with van der Waals surface area (Å²) in [7, 11) is 0. The van der Waals surface area contributed by atoms with Crippen molar-refractivity contribution in [2.24, 2.45) is 0 Å². The molecule has 1 atom stereocenters. The van der Waals surface area contributed by atoms with Crippen molar-refractivity contribution >= 4 is 23.4 Å². The van der Waals surface area contributed by atoms with Crippen molar-refractivity contribution in [3.8, 4) is 0 Å². The van der Waals surface area contributed by atoms with E-state index in [0.717, 1.165) is 18.4 Å². The molecule has 0 spiro atoms. The topological polar surface area (TPSA) is 69.7 Å². The largest absolute Gasteiger partial charge is 0.329 e. The summed E-state index contributed by atoms with van der Waals surface area (Å²) in [5.74, 6) is -0.446. The molecule has 1 unspecified atom stereocenters. The highest BCUT2D eigenvalue weighted by Gasteiger charge is 2.42. The lowest BCUT2D eigenvalue weighted by molar-refractivity contribution is -0.154. The van der Waals surface area contributed by atoms with Gasteiger partial charge in [-0.3, -0.25) is 14.4 Å². The highest BCUT2D eigenvalue weighted by Crippen LogP contribution is 2.23. The second-order valence-electron chi connectivity index (χ2n) is 6.04. The molecule has 1 aromatic rings. The Morgan fingerprint density at radius 3 is 2.96 bits per heavy atom. The van der Waals surface area contributed by atoms with E-state index in [-0.39, 0.29) is 36.9 Å². The zero-order valence-corrected chi connectivity index (χ0v) is 13.2. The van der Waals surface area contributed by atoms with E-state index in [1.807, 2.05) is 31.2 Å². The molecule has 6 heteroatoms. The molecular weight excluding hydrogens is 294 g/mol. The molecule has 2 aliphatic heterocycles. The molecule has 0 aliphatic carbocycles. The molecule has 3 amide bonds. The fourth-order valence-corrected chi connectivity index (χ4v) is 3.24. The monoisotopic (exact) mass is 315 g/mol. The van der Waals surface area contributed by atoms with Crippen molar-refractivity contribution < 1.29 is 14.4 Å². The molecule has 122 valence electrons. The molecule has 0 bridgehead atoms. The Hall–Kier alpha value is -2.37. The molecule has 2 saturated heterocycles. The quantitative estimate of drug-likeness (QED) is 0.902. The summed E-state index contributed by atoms with van der Waals surface area (Å²) in [6, 6.07) is 7.25. The van der Waals surface area contributed by atoms with Crippen LogP contribution in [0.15, 0.2) is 24.3 Å². The van der Waals surface area contributed by atoms with Crippen LogP contribution >= 0.6 is 0 Å². The number of benzene rings is 1. The summed E-state index contributed by atoms with van der Waals surface area (Å²) in [5, 5.41) is 2.80. The van der Waals surface area contributed by atoms with Crippen LogP contribution in [0.1, 0.15) is 25.3 Å². The first-order valence-corrected chi connectivity index (χ1v) is 8.05. The highest BCUT2D eigenvalue weighted by molar-refractivity contribution is 6.00. The number of anilines is 1. The number of nitrogens with one attached hydrogen (secondary N) is 1. The van der Waals surface area contributed by atoms with Crippen LogP contribution in [-0.4, -0.2) is 53.2 Å². The van der Waals surface area contributed by atoms with Gasteiger partial charge in [-0.1, -0.05) is 19.1 Å². The van der Waals surface area contributed by atoms with E-state index in [4.69, 9.17) is 0 Å². The molecule has 2 fully saturated rings. The summed E-state index contributed by atoms with van der Waals surface area (Å²) in [5.41, 5.74) is 1.85. The summed E-state index contributed by atoms with van der Waals surface area (Å²) in [6.45, 7) is 2.62. The zero-order valence-electron chi connectivity index (χ0n) is 13.2. The minimum absolute atomic E-state index is 0.00223. The fourth-order valence-electron chi connectivity index (χ4n) is 3.24. The van der Waals surface area contributed by atoms with Crippen LogP contribution in [0.25, 0.3) is 0 Å². The molecular formula is C17H21N3O3. The van der Waals surface area contributed by atoms with Gasteiger partial charge in [-0.05, 0) is 37.0 Å². The number of nitrogens with zero attached hydrogens (tertiary/aromatic N) is 2. The van der Waals surface area contributed by atoms with Crippen molar-refractivity contribution in [1.82, 2.24) is 9.80 Å². The van der Waals surface area contributed by atoms with Crippen LogP contribution in [0.2, 0.25) is 0 Å². The average Bonchev–Trinajstić information content (AvgIpc) is 3.03. The smallest absolute Gasteiger partial charge is 0.246 e. The number of amides is 3. The van der Waals surface area contributed by atoms with E-state index >= 15 is 0 Å². The van der Waals surface area contributed by atoms with Gasteiger partial charge >= 0.3 is 0 Å². The molecule has 0 saturated carbocycles. The molecule has 2 aliphatic rings. The van der Waals surface area contributed by atoms with E-state index in [2.05, 4.69) is 5.32 Å². The van der Waals surface area contributed by atoms with Gasteiger partial charge in [0.1, 0.15) is 19.1 Å². The lowest BCUT2D eigenvalue weighted by atomic mass is 10.1. The van der Waals surface area contributed by atoms with E-state index in [1.165, 1.54) is 4.90 Å². The van der Waals surface area contributed by atoms with Crippen LogP contribution < -0.4 is 5.32 Å². The van der Waals surface area contributed by atoms with Gasteiger partial charge in [-0.2, -0.15) is 0 Å². The Kier molecular flexibility index (Phi) is 4.32.